The lowest BCUT2D eigenvalue weighted by Crippen LogP contribution is -2.43. The molecule has 0 aromatic heterocycles. The minimum Gasteiger partial charge on any atom is -0.481 e. The van der Waals surface area contributed by atoms with E-state index in [1.54, 1.807) is 0 Å². The minimum absolute atomic E-state index is 0.279. The van der Waals surface area contributed by atoms with E-state index in [1.165, 1.54) is 0 Å². The zero-order valence-electron chi connectivity index (χ0n) is 7.47. The molecule has 1 rings (SSSR count). The van der Waals surface area contributed by atoms with E-state index < -0.39 is 24.4 Å². The molecule has 0 spiro atoms. The third-order valence-corrected chi connectivity index (χ3v) is 2.14. The zero-order valence-corrected chi connectivity index (χ0v) is 7.47. The lowest BCUT2D eigenvalue weighted by Gasteiger charge is -2.22. The normalized spacial score (nSPS) is 18.3. The van der Waals surface area contributed by atoms with Crippen molar-refractivity contribution in [1.82, 2.24) is 4.90 Å². The molecule has 0 saturated carbocycles. The summed E-state index contributed by atoms with van der Waals surface area (Å²) in [5.41, 5.74) is 0. The highest BCUT2D eigenvalue weighted by molar-refractivity contribution is 5.87. The van der Waals surface area contributed by atoms with Crippen LogP contribution < -0.4 is 0 Å². The number of carboxylic acid groups (broad SMARTS) is 2. The van der Waals surface area contributed by atoms with Crippen LogP contribution >= 0.6 is 0 Å². The Morgan fingerprint density at radius 1 is 1.43 bits per heavy atom. The predicted octanol–water partition coefficient (Wildman–Crippen LogP) is -0.463. The first-order valence-corrected chi connectivity index (χ1v) is 4.26. The molecule has 1 aliphatic rings. The molecule has 2 N–H and O–H groups in total. The average molecular weight is 201 g/mol. The fourth-order valence-electron chi connectivity index (χ4n) is 1.49. The van der Waals surface area contributed by atoms with Crippen molar-refractivity contribution in [1.29, 1.82) is 0 Å². The summed E-state index contributed by atoms with van der Waals surface area (Å²) in [6, 6.07) is -1.22. The number of aliphatic carboxylic acids is 2. The Labute approximate surface area is 80.1 Å². The fraction of sp³-hybridized carbons (Fsp3) is 0.625. The van der Waals surface area contributed by atoms with E-state index >= 15 is 0 Å². The van der Waals surface area contributed by atoms with E-state index in [9.17, 15) is 14.4 Å². The number of hydrogen-bond donors (Lipinski definition) is 2. The molecule has 0 aromatic rings. The molecule has 1 aliphatic heterocycles. The van der Waals surface area contributed by atoms with Crippen LogP contribution in [0.4, 0.5) is 0 Å². The van der Waals surface area contributed by atoms with E-state index in [0.29, 0.717) is 19.4 Å². The van der Waals surface area contributed by atoms with Crippen molar-refractivity contribution < 1.29 is 24.6 Å². The molecule has 1 unspecified atom stereocenters. The van der Waals surface area contributed by atoms with E-state index in [4.69, 9.17) is 10.2 Å². The Bertz CT molecular complexity index is 275. The van der Waals surface area contributed by atoms with Gasteiger partial charge in [-0.1, -0.05) is 0 Å². The Morgan fingerprint density at radius 2 is 2.07 bits per heavy atom. The molecule has 6 nitrogen and oxygen atoms in total. The van der Waals surface area contributed by atoms with Crippen LogP contribution in [0.2, 0.25) is 0 Å². The van der Waals surface area contributed by atoms with Gasteiger partial charge in [0.25, 0.3) is 0 Å². The van der Waals surface area contributed by atoms with Crippen LogP contribution in [-0.2, 0) is 14.4 Å². The van der Waals surface area contributed by atoms with E-state index in [2.05, 4.69) is 0 Å². The van der Waals surface area contributed by atoms with Crippen molar-refractivity contribution in [3.63, 3.8) is 0 Å². The highest BCUT2D eigenvalue weighted by Gasteiger charge is 2.34. The maximum Gasteiger partial charge on any atom is 0.327 e. The van der Waals surface area contributed by atoms with Gasteiger partial charge in [0, 0.05) is 13.0 Å². The SMILES string of the molecule is O=C(O)CC(C(=O)O)N1CCCC1=O. The number of nitrogens with zero attached hydrogens (tertiary/aromatic N) is 1. The smallest absolute Gasteiger partial charge is 0.327 e. The summed E-state index contributed by atoms with van der Waals surface area (Å²) < 4.78 is 0. The molecule has 0 radical (unpaired) electrons. The summed E-state index contributed by atoms with van der Waals surface area (Å²) in [5.74, 6) is -2.75. The lowest BCUT2D eigenvalue weighted by molar-refractivity contribution is -0.153. The number of carbonyl (C=O) groups is 3. The van der Waals surface area contributed by atoms with E-state index in [-0.39, 0.29) is 5.91 Å². The van der Waals surface area contributed by atoms with Gasteiger partial charge in [-0.05, 0) is 6.42 Å². The third kappa shape index (κ3) is 2.21. The lowest BCUT2D eigenvalue weighted by atomic mass is 10.2. The molecule has 0 aromatic carbocycles. The van der Waals surface area contributed by atoms with Crippen LogP contribution in [0, 0.1) is 0 Å². The number of rotatable bonds is 4. The topological polar surface area (TPSA) is 94.9 Å². The number of amides is 1. The zero-order chi connectivity index (χ0) is 10.7. The Balaban J connectivity index is 2.71. The summed E-state index contributed by atoms with van der Waals surface area (Å²) in [6.45, 7) is 0.336. The van der Waals surface area contributed by atoms with Crippen molar-refractivity contribution in [2.24, 2.45) is 0 Å². The maximum absolute atomic E-state index is 11.2. The standard InChI is InChI=1S/C8H11NO5/c10-6-2-1-3-9(6)5(8(13)14)4-7(11)12/h5H,1-4H2,(H,11,12)(H,13,14). The van der Waals surface area contributed by atoms with Gasteiger partial charge in [0.15, 0.2) is 0 Å². The number of carboxylic acids is 2. The minimum atomic E-state index is -1.26. The fourth-order valence-corrected chi connectivity index (χ4v) is 1.49. The van der Waals surface area contributed by atoms with Crippen LogP contribution in [0.1, 0.15) is 19.3 Å². The molecule has 1 saturated heterocycles. The molecular formula is C8H11NO5. The second-order valence-corrected chi connectivity index (χ2v) is 3.14. The molecule has 14 heavy (non-hydrogen) atoms. The van der Waals surface area contributed by atoms with Crippen LogP contribution in [0.25, 0.3) is 0 Å². The highest BCUT2D eigenvalue weighted by atomic mass is 16.4. The molecule has 0 aliphatic carbocycles. The molecule has 0 bridgehead atoms. The second kappa shape index (κ2) is 4.08. The monoisotopic (exact) mass is 201 g/mol. The van der Waals surface area contributed by atoms with Crippen LogP contribution in [0.3, 0.4) is 0 Å². The number of carbonyl (C=O) groups excluding carboxylic acids is 1. The predicted molar refractivity (Wildman–Crippen MR) is 44.6 cm³/mol. The molecular weight excluding hydrogens is 190 g/mol. The third-order valence-electron chi connectivity index (χ3n) is 2.14. The first-order valence-electron chi connectivity index (χ1n) is 4.26. The quantitative estimate of drug-likeness (QED) is 0.641. The molecule has 1 amide bonds. The maximum atomic E-state index is 11.2. The van der Waals surface area contributed by atoms with Crippen LogP contribution in [-0.4, -0.2) is 45.5 Å². The van der Waals surface area contributed by atoms with Crippen LogP contribution in [0.5, 0.6) is 0 Å². The van der Waals surface area contributed by atoms with Gasteiger partial charge in [-0.2, -0.15) is 0 Å². The van der Waals surface area contributed by atoms with Gasteiger partial charge in [0.1, 0.15) is 6.04 Å². The molecule has 6 heteroatoms. The summed E-state index contributed by atoms with van der Waals surface area (Å²) in [5, 5.41) is 17.2. The molecule has 1 atom stereocenters. The highest BCUT2D eigenvalue weighted by Crippen LogP contribution is 2.15. The summed E-state index contributed by atoms with van der Waals surface area (Å²) in [4.78, 5) is 33.4. The van der Waals surface area contributed by atoms with E-state index in [0.717, 1.165) is 4.90 Å². The van der Waals surface area contributed by atoms with Crippen molar-refractivity contribution in [3.05, 3.63) is 0 Å². The van der Waals surface area contributed by atoms with Gasteiger partial charge >= 0.3 is 11.9 Å². The van der Waals surface area contributed by atoms with E-state index in [1.807, 2.05) is 0 Å². The molecule has 1 heterocycles. The molecule has 78 valence electrons. The van der Waals surface area contributed by atoms with Crippen molar-refractivity contribution >= 4 is 17.8 Å². The van der Waals surface area contributed by atoms with Gasteiger partial charge in [0.2, 0.25) is 5.91 Å². The average Bonchev–Trinajstić information content (AvgIpc) is 2.46. The number of hydrogen-bond acceptors (Lipinski definition) is 3. The van der Waals surface area contributed by atoms with Crippen molar-refractivity contribution in [3.8, 4) is 0 Å². The van der Waals surface area contributed by atoms with Gasteiger partial charge < -0.3 is 15.1 Å². The van der Waals surface area contributed by atoms with Crippen LogP contribution in [0.15, 0.2) is 0 Å². The second-order valence-electron chi connectivity index (χ2n) is 3.14. The van der Waals surface area contributed by atoms with Crippen molar-refractivity contribution in [2.45, 2.75) is 25.3 Å². The largest absolute Gasteiger partial charge is 0.481 e. The van der Waals surface area contributed by atoms with Gasteiger partial charge in [-0.25, -0.2) is 4.79 Å². The van der Waals surface area contributed by atoms with Crippen molar-refractivity contribution in [2.75, 3.05) is 6.54 Å². The number of likely N-dealkylation sites (tertiary alicyclic amines) is 1. The van der Waals surface area contributed by atoms with Gasteiger partial charge in [-0.15, -0.1) is 0 Å². The summed E-state index contributed by atoms with van der Waals surface area (Å²) in [7, 11) is 0. The first-order chi connectivity index (χ1) is 6.52. The summed E-state index contributed by atoms with van der Waals surface area (Å²) in [6.07, 6.45) is 0.368. The summed E-state index contributed by atoms with van der Waals surface area (Å²) >= 11 is 0. The first kappa shape index (κ1) is 10.5. The Morgan fingerprint density at radius 3 is 2.43 bits per heavy atom. The Kier molecular flexibility index (Phi) is 3.06. The van der Waals surface area contributed by atoms with Gasteiger partial charge in [0.05, 0.1) is 6.42 Å². The van der Waals surface area contributed by atoms with Gasteiger partial charge in [-0.3, -0.25) is 9.59 Å². The Hall–Kier alpha value is -1.59. The molecule has 1 fully saturated rings.